The Bertz CT molecular complexity index is 533. The number of halogens is 2. The number of hydrogen-bond donors (Lipinski definition) is 1. The monoisotopic (exact) mass is 315 g/mol. The normalized spacial score (nSPS) is 18.3. The first-order chi connectivity index (χ1) is 9.47. The number of hydrogen-bond acceptors (Lipinski definition) is 2. The van der Waals surface area contributed by atoms with Gasteiger partial charge in [-0.25, -0.2) is 0 Å². The van der Waals surface area contributed by atoms with Crippen molar-refractivity contribution in [2.75, 3.05) is 6.54 Å². The molecule has 108 valence electrons. The standard InChI is InChI=1S/C14H15Cl2NO3/c15-11-4-3-9(6-12(11)16)7-13(18)17-5-1-2-10(17)8-14(19)20/h3-4,6,10H,1-2,5,7-8H2,(H,19,20). The molecule has 0 aromatic heterocycles. The highest BCUT2D eigenvalue weighted by Crippen LogP contribution is 2.25. The molecule has 0 spiro atoms. The van der Waals surface area contributed by atoms with Gasteiger partial charge in [0, 0.05) is 12.6 Å². The van der Waals surface area contributed by atoms with Crippen LogP contribution in [0.4, 0.5) is 0 Å². The van der Waals surface area contributed by atoms with Crippen molar-refractivity contribution in [2.45, 2.75) is 31.7 Å². The van der Waals surface area contributed by atoms with E-state index in [1.165, 1.54) is 0 Å². The Kier molecular flexibility index (Phi) is 4.89. The maximum absolute atomic E-state index is 12.3. The van der Waals surface area contributed by atoms with Crippen LogP contribution in [0, 0.1) is 0 Å². The minimum atomic E-state index is -0.871. The van der Waals surface area contributed by atoms with Crippen molar-refractivity contribution in [3.8, 4) is 0 Å². The predicted octanol–water partition coefficient (Wildman–Crippen LogP) is 3.00. The summed E-state index contributed by atoms with van der Waals surface area (Å²) in [6.07, 6.45) is 1.82. The minimum Gasteiger partial charge on any atom is -0.481 e. The number of carbonyl (C=O) groups is 2. The first-order valence-corrected chi connectivity index (χ1v) is 7.18. The van der Waals surface area contributed by atoms with Gasteiger partial charge in [-0.05, 0) is 30.5 Å². The SMILES string of the molecule is O=C(O)CC1CCCN1C(=O)Cc1ccc(Cl)c(Cl)c1. The van der Waals surface area contributed by atoms with Crippen molar-refractivity contribution in [3.63, 3.8) is 0 Å². The van der Waals surface area contributed by atoms with Crippen molar-refractivity contribution in [1.29, 1.82) is 0 Å². The molecule has 20 heavy (non-hydrogen) atoms. The number of carbonyl (C=O) groups excluding carboxylic acids is 1. The molecule has 1 aliphatic heterocycles. The lowest BCUT2D eigenvalue weighted by atomic mass is 10.1. The van der Waals surface area contributed by atoms with E-state index >= 15 is 0 Å². The van der Waals surface area contributed by atoms with E-state index in [0.717, 1.165) is 18.4 Å². The Labute approximate surface area is 127 Å². The van der Waals surface area contributed by atoms with Crippen LogP contribution in [0.2, 0.25) is 10.0 Å². The minimum absolute atomic E-state index is 0.00706. The summed E-state index contributed by atoms with van der Waals surface area (Å²) in [4.78, 5) is 24.7. The highest BCUT2D eigenvalue weighted by atomic mass is 35.5. The third-order valence-corrected chi connectivity index (χ3v) is 4.19. The maximum atomic E-state index is 12.3. The van der Waals surface area contributed by atoms with Crippen molar-refractivity contribution < 1.29 is 14.7 Å². The smallest absolute Gasteiger partial charge is 0.305 e. The third-order valence-electron chi connectivity index (χ3n) is 3.45. The Hall–Kier alpha value is -1.26. The molecule has 1 heterocycles. The van der Waals surface area contributed by atoms with Crippen molar-refractivity contribution >= 4 is 35.1 Å². The average molecular weight is 316 g/mol. The van der Waals surface area contributed by atoms with Gasteiger partial charge in [0.05, 0.1) is 22.9 Å². The maximum Gasteiger partial charge on any atom is 0.305 e. The molecule has 1 aromatic carbocycles. The molecule has 0 aliphatic carbocycles. The second-order valence-electron chi connectivity index (χ2n) is 4.91. The number of likely N-dealkylation sites (tertiary alicyclic amines) is 1. The van der Waals surface area contributed by atoms with E-state index < -0.39 is 5.97 Å². The molecular formula is C14H15Cl2NO3. The summed E-state index contributed by atoms with van der Waals surface area (Å²) in [5, 5.41) is 9.73. The molecule has 0 saturated carbocycles. The molecule has 4 nitrogen and oxygen atoms in total. The van der Waals surface area contributed by atoms with Crippen molar-refractivity contribution in [3.05, 3.63) is 33.8 Å². The van der Waals surface area contributed by atoms with E-state index in [9.17, 15) is 9.59 Å². The van der Waals surface area contributed by atoms with E-state index in [0.29, 0.717) is 16.6 Å². The molecule has 1 unspecified atom stereocenters. The number of carboxylic acid groups (broad SMARTS) is 1. The van der Waals surface area contributed by atoms with Crippen LogP contribution in [0.3, 0.4) is 0 Å². The topological polar surface area (TPSA) is 57.6 Å². The van der Waals surface area contributed by atoms with E-state index in [1.807, 2.05) is 0 Å². The van der Waals surface area contributed by atoms with Crippen LogP contribution in [0.25, 0.3) is 0 Å². The van der Waals surface area contributed by atoms with E-state index in [2.05, 4.69) is 0 Å². The van der Waals surface area contributed by atoms with Gasteiger partial charge in [-0.3, -0.25) is 9.59 Å². The van der Waals surface area contributed by atoms with Crippen LogP contribution >= 0.6 is 23.2 Å². The lowest BCUT2D eigenvalue weighted by molar-refractivity contribution is -0.139. The highest BCUT2D eigenvalue weighted by Gasteiger charge is 2.30. The van der Waals surface area contributed by atoms with Gasteiger partial charge in [-0.2, -0.15) is 0 Å². The molecule has 0 bridgehead atoms. The number of rotatable bonds is 4. The molecule has 1 aliphatic rings. The molecule has 1 saturated heterocycles. The number of nitrogens with zero attached hydrogens (tertiary/aromatic N) is 1. The van der Waals surface area contributed by atoms with Gasteiger partial charge in [0.15, 0.2) is 0 Å². The quantitative estimate of drug-likeness (QED) is 0.929. The zero-order valence-electron chi connectivity index (χ0n) is 10.8. The van der Waals surface area contributed by atoms with Crippen LogP contribution in [0.5, 0.6) is 0 Å². The lowest BCUT2D eigenvalue weighted by Crippen LogP contribution is -2.37. The van der Waals surface area contributed by atoms with Crippen LogP contribution in [0.1, 0.15) is 24.8 Å². The van der Waals surface area contributed by atoms with Crippen LogP contribution in [-0.2, 0) is 16.0 Å². The zero-order chi connectivity index (χ0) is 14.7. The van der Waals surface area contributed by atoms with Gasteiger partial charge in [0.2, 0.25) is 5.91 Å². The molecule has 6 heteroatoms. The van der Waals surface area contributed by atoms with Crippen LogP contribution < -0.4 is 0 Å². The fourth-order valence-corrected chi connectivity index (χ4v) is 2.82. The van der Waals surface area contributed by atoms with Crippen LogP contribution in [0.15, 0.2) is 18.2 Å². The summed E-state index contributed by atoms with van der Waals surface area (Å²) in [7, 11) is 0. The molecular weight excluding hydrogens is 301 g/mol. The average Bonchev–Trinajstić information content (AvgIpc) is 2.81. The van der Waals surface area contributed by atoms with Crippen molar-refractivity contribution in [2.24, 2.45) is 0 Å². The number of amides is 1. The van der Waals surface area contributed by atoms with E-state index in [4.69, 9.17) is 28.3 Å². The molecule has 1 fully saturated rings. The fourth-order valence-electron chi connectivity index (χ4n) is 2.50. The van der Waals surface area contributed by atoms with Gasteiger partial charge in [0.1, 0.15) is 0 Å². The predicted molar refractivity (Wildman–Crippen MR) is 77.2 cm³/mol. The largest absolute Gasteiger partial charge is 0.481 e. The lowest BCUT2D eigenvalue weighted by Gasteiger charge is -2.23. The molecule has 1 N–H and O–H groups in total. The van der Waals surface area contributed by atoms with Gasteiger partial charge in [-0.1, -0.05) is 29.3 Å². The zero-order valence-corrected chi connectivity index (χ0v) is 12.3. The Morgan fingerprint density at radius 3 is 2.70 bits per heavy atom. The fraction of sp³-hybridized carbons (Fsp3) is 0.429. The van der Waals surface area contributed by atoms with E-state index in [1.54, 1.807) is 23.1 Å². The Balaban J connectivity index is 2.03. The van der Waals surface area contributed by atoms with Gasteiger partial charge >= 0.3 is 5.97 Å². The van der Waals surface area contributed by atoms with Crippen molar-refractivity contribution in [1.82, 2.24) is 4.90 Å². The highest BCUT2D eigenvalue weighted by molar-refractivity contribution is 6.42. The second-order valence-corrected chi connectivity index (χ2v) is 5.72. The van der Waals surface area contributed by atoms with E-state index in [-0.39, 0.29) is 24.8 Å². The summed E-state index contributed by atoms with van der Waals surface area (Å²) in [6.45, 7) is 0.623. The van der Waals surface area contributed by atoms with Gasteiger partial charge in [0.25, 0.3) is 0 Å². The summed E-state index contributed by atoms with van der Waals surface area (Å²) in [5.74, 6) is -0.934. The number of benzene rings is 1. The summed E-state index contributed by atoms with van der Waals surface area (Å²) >= 11 is 11.8. The molecule has 2 rings (SSSR count). The molecule has 0 radical (unpaired) electrons. The summed E-state index contributed by atoms with van der Waals surface area (Å²) < 4.78 is 0. The Morgan fingerprint density at radius 2 is 2.05 bits per heavy atom. The summed E-state index contributed by atoms with van der Waals surface area (Å²) in [6, 6.07) is 4.90. The molecule has 1 amide bonds. The number of carboxylic acids is 1. The second kappa shape index (κ2) is 6.46. The Morgan fingerprint density at radius 1 is 1.30 bits per heavy atom. The first kappa shape index (κ1) is 15.1. The number of aliphatic carboxylic acids is 1. The van der Waals surface area contributed by atoms with Gasteiger partial charge < -0.3 is 10.0 Å². The summed E-state index contributed by atoms with van der Waals surface area (Å²) in [5.41, 5.74) is 0.783. The van der Waals surface area contributed by atoms with Gasteiger partial charge in [-0.15, -0.1) is 0 Å². The molecule has 1 aromatic rings. The third kappa shape index (κ3) is 3.64. The first-order valence-electron chi connectivity index (χ1n) is 6.42. The molecule has 1 atom stereocenters. The van der Waals surface area contributed by atoms with Crippen LogP contribution in [-0.4, -0.2) is 34.5 Å².